The molecule has 0 aliphatic rings. The van der Waals surface area contributed by atoms with Crippen molar-refractivity contribution >= 4 is 5.69 Å². The summed E-state index contributed by atoms with van der Waals surface area (Å²) < 4.78 is 0. The summed E-state index contributed by atoms with van der Waals surface area (Å²) in [6, 6.07) is 6.87. The van der Waals surface area contributed by atoms with Crippen LogP contribution in [0, 0.1) is 6.92 Å². The molecule has 0 unspecified atom stereocenters. The monoisotopic (exact) mass is 192 g/mol. The molecular formula is C12H20N2. The van der Waals surface area contributed by atoms with Gasteiger partial charge in [-0.05, 0) is 44.9 Å². The van der Waals surface area contributed by atoms with Crippen molar-refractivity contribution in [3.05, 3.63) is 29.3 Å². The van der Waals surface area contributed by atoms with Crippen LogP contribution in [0.15, 0.2) is 18.2 Å². The molecule has 2 nitrogen and oxygen atoms in total. The third kappa shape index (κ3) is 2.74. The number of hydrogen-bond acceptors (Lipinski definition) is 2. The van der Waals surface area contributed by atoms with Gasteiger partial charge in [0.25, 0.3) is 0 Å². The summed E-state index contributed by atoms with van der Waals surface area (Å²) in [5.41, 5.74) is 9.51. The van der Waals surface area contributed by atoms with Gasteiger partial charge in [-0.15, -0.1) is 0 Å². The molecule has 1 rings (SSSR count). The summed E-state index contributed by atoms with van der Waals surface area (Å²) in [5, 5.41) is 3.42. The van der Waals surface area contributed by atoms with Gasteiger partial charge in [0, 0.05) is 17.8 Å². The van der Waals surface area contributed by atoms with Gasteiger partial charge in [0.05, 0.1) is 0 Å². The lowest BCUT2D eigenvalue weighted by Crippen LogP contribution is -2.15. The number of nitrogens with two attached hydrogens (primary N) is 1. The van der Waals surface area contributed by atoms with Crippen LogP contribution >= 0.6 is 0 Å². The molecule has 0 aliphatic carbocycles. The van der Waals surface area contributed by atoms with Crippen LogP contribution in [-0.4, -0.2) is 6.04 Å². The highest BCUT2D eigenvalue weighted by molar-refractivity contribution is 5.54. The van der Waals surface area contributed by atoms with Crippen molar-refractivity contribution in [3.8, 4) is 0 Å². The molecule has 78 valence electrons. The van der Waals surface area contributed by atoms with Gasteiger partial charge in [-0.25, -0.2) is 0 Å². The Morgan fingerprint density at radius 2 is 1.86 bits per heavy atom. The van der Waals surface area contributed by atoms with Crippen molar-refractivity contribution in [1.29, 1.82) is 0 Å². The number of rotatable bonds is 3. The van der Waals surface area contributed by atoms with E-state index in [1.165, 1.54) is 11.1 Å². The SMILES string of the molecule is Cc1ccc([C@H](C)N)c(NC(C)C)c1. The van der Waals surface area contributed by atoms with E-state index < -0.39 is 0 Å². The maximum Gasteiger partial charge on any atom is 0.0393 e. The predicted molar refractivity (Wildman–Crippen MR) is 62.5 cm³/mol. The zero-order valence-electron chi connectivity index (χ0n) is 9.46. The van der Waals surface area contributed by atoms with E-state index in [9.17, 15) is 0 Å². The molecule has 0 spiro atoms. The molecule has 0 saturated heterocycles. The Morgan fingerprint density at radius 1 is 1.21 bits per heavy atom. The van der Waals surface area contributed by atoms with Crippen molar-refractivity contribution < 1.29 is 0 Å². The third-order valence-corrected chi connectivity index (χ3v) is 2.14. The molecule has 0 amide bonds. The minimum atomic E-state index is 0.0804. The van der Waals surface area contributed by atoms with Crippen molar-refractivity contribution in [2.45, 2.75) is 39.8 Å². The molecule has 0 heterocycles. The van der Waals surface area contributed by atoms with Crippen molar-refractivity contribution in [1.82, 2.24) is 0 Å². The first-order chi connectivity index (χ1) is 6.50. The molecule has 0 fully saturated rings. The highest BCUT2D eigenvalue weighted by atomic mass is 14.9. The molecule has 0 bridgehead atoms. The lowest BCUT2D eigenvalue weighted by atomic mass is 10.0. The maximum absolute atomic E-state index is 5.90. The van der Waals surface area contributed by atoms with Gasteiger partial charge in [-0.1, -0.05) is 12.1 Å². The van der Waals surface area contributed by atoms with Crippen LogP contribution in [0.2, 0.25) is 0 Å². The van der Waals surface area contributed by atoms with E-state index in [1.54, 1.807) is 0 Å². The molecule has 3 N–H and O–H groups in total. The van der Waals surface area contributed by atoms with Crippen LogP contribution in [0.5, 0.6) is 0 Å². The lowest BCUT2D eigenvalue weighted by molar-refractivity contribution is 0.809. The van der Waals surface area contributed by atoms with Gasteiger partial charge in [0.15, 0.2) is 0 Å². The summed E-state index contributed by atoms with van der Waals surface area (Å²) in [7, 11) is 0. The van der Waals surface area contributed by atoms with Crippen LogP contribution in [0.25, 0.3) is 0 Å². The van der Waals surface area contributed by atoms with Crippen LogP contribution in [0.3, 0.4) is 0 Å². The smallest absolute Gasteiger partial charge is 0.0393 e. The fraction of sp³-hybridized carbons (Fsp3) is 0.500. The summed E-state index contributed by atoms with van der Waals surface area (Å²) >= 11 is 0. The molecule has 0 radical (unpaired) electrons. The first-order valence-electron chi connectivity index (χ1n) is 5.13. The fourth-order valence-electron chi connectivity index (χ4n) is 1.50. The van der Waals surface area contributed by atoms with Crippen LogP contribution in [-0.2, 0) is 0 Å². The first-order valence-corrected chi connectivity index (χ1v) is 5.13. The number of hydrogen-bond donors (Lipinski definition) is 2. The van der Waals surface area contributed by atoms with Gasteiger partial charge < -0.3 is 11.1 Å². The molecule has 1 aromatic carbocycles. The molecule has 0 aliphatic heterocycles. The van der Waals surface area contributed by atoms with E-state index >= 15 is 0 Å². The topological polar surface area (TPSA) is 38.0 Å². The maximum atomic E-state index is 5.90. The van der Waals surface area contributed by atoms with Crippen molar-refractivity contribution in [2.24, 2.45) is 5.73 Å². The minimum absolute atomic E-state index is 0.0804. The van der Waals surface area contributed by atoms with Crippen LogP contribution in [0.1, 0.15) is 37.9 Å². The largest absolute Gasteiger partial charge is 0.383 e. The highest BCUT2D eigenvalue weighted by Crippen LogP contribution is 2.23. The van der Waals surface area contributed by atoms with E-state index in [4.69, 9.17) is 5.73 Å². The molecule has 1 atom stereocenters. The van der Waals surface area contributed by atoms with Crippen LogP contribution < -0.4 is 11.1 Å². The van der Waals surface area contributed by atoms with E-state index in [2.05, 4.69) is 44.3 Å². The second-order valence-corrected chi connectivity index (χ2v) is 4.18. The quantitative estimate of drug-likeness (QED) is 0.772. The zero-order chi connectivity index (χ0) is 10.7. The van der Waals surface area contributed by atoms with Gasteiger partial charge in [0.2, 0.25) is 0 Å². The average Bonchev–Trinajstić information content (AvgIpc) is 2.01. The number of anilines is 1. The Hall–Kier alpha value is -1.02. The summed E-state index contributed by atoms with van der Waals surface area (Å²) in [6.45, 7) is 8.37. The van der Waals surface area contributed by atoms with Gasteiger partial charge in [-0.3, -0.25) is 0 Å². The number of benzene rings is 1. The molecule has 14 heavy (non-hydrogen) atoms. The average molecular weight is 192 g/mol. The normalized spacial score (nSPS) is 13.0. The van der Waals surface area contributed by atoms with E-state index in [0.29, 0.717) is 6.04 Å². The van der Waals surface area contributed by atoms with Crippen LogP contribution in [0.4, 0.5) is 5.69 Å². The molecular weight excluding hydrogens is 172 g/mol. The molecule has 0 aromatic heterocycles. The Bertz CT molecular complexity index is 303. The summed E-state index contributed by atoms with van der Waals surface area (Å²) in [6.07, 6.45) is 0. The first kappa shape index (κ1) is 11.1. The van der Waals surface area contributed by atoms with E-state index in [1.807, 2.05) is 6.92 Å². The zero-order valence-corrected chi connectivity index (χ0v) is 9.46. The Balaban J connectivity index is 3.03. The third-order valence-electron chi connectivity index (χ3n) is 2.14. The van der Waals surface area contributed by atoms with Crippen molar-refractivity contribution in [2.75, 3.05) is 5.32 Å². The minimum Gasteiger partial charge on any atom is -0.383 e. The van der Waals surface area contributed by atoms with Gasteiger partial charge >= 0.3 is 0 Å². The fourth-order valence-corrected chi connectivity index (χ4v) is 1.50. The second-order valence-electron chi connectivity index (χ2n) is 4.18. The van der Waals surface area contributed by atoms with E-state index in [0.717, 1.165) is 5.69 Å². The Morgan fingerprint density at radius 3 is 2.36 bits per heavy atom. The molecule has 2 heteroatoms. The van der Waals surface area contributed by atoms with Crippen molar-refractivity contribution in [3.63, 3.8) is 0 Å². The van der Waals surface area contributed by atoms with E-state index in [-0.39, 0.29) is 6.04 Å². The Labute approximate surface area is 86.5 Å². The highest BCUT2D eigenvalue weighted by Gasteiger charge is 2.07. The molecule has 1 aromatic rings. The van der Waals surface area contributed by atoms with Gasteiger partial charge in [0.1, 0.15) is 0 Å². The summed E-state index contributed by atoms with van der Waals surface area (Å²) in [5.74, 6) is 0. The standard InChI is InChI=1S/C12H20N2/c1-8(2)14-12-7-9(3)5-6-11(12)10(4)13/h5-8,10,14H,13H2,1-4H3/t10-/m0/s1. The number of aryl methyl sites for hydroxylation is 1. The van der Waals surface area contributed by atoms with Gasteiger partial charge in [-0.2, -0.15) is 0 Å². The number of nitrogens with one attached hydrogen (secondary N) is 1. The predicted octanol–water partition coefficient (Wildman–Crippen LogP) is 2.84. The second kappa shape index (κ2) is 4.47. The lowest BCUT2D eigenvalue weighted by Gasteiger charge is -2.17. The molecule has 0 saturated carbocycles. The summed E-state index contributed by atoms with van der Waals surface area (Å²) in [4.78, 5) is 0. The Kier molecular flexibility index (Phi) is 3.53.